The number of sulfonamides is 1. The lowest BCUT2D eigenvalue weighted by atomic mass is 10.3. The van der Waals surface area contributed by atoms with Crippen molar-refractivity contribution in [2.24, 2.45) is 5.14 Å². The standard InChI is InChI=1S/C7H7F3N2O3S/c8-7(9,10)15-5-3-1-2-4(11)6(5)16(12,13)14/h1-3H,11H2,(H2,12,13,14). The highest BCUT2D eigenvalue weighted by Crippen LogP contribution is 2.32. The summed E-state index contributed by atoms with van der Waals surface area (Å²) in [6.45, 7) is 0. The van der Waals surface area contributed by atoms with Crippen molar-refractivity contribution in [1.29, 1.82) is 0 Å². The van der Waals surface area contributed by atoms with E-state index in [1.54, 1.807) is 0 Å². The fourth-order valence-corrected chi connectivity index (χ4v) is 1.83. The number of benzene rings is 1. The molecule has 0 atom stereocenters. The maximum absolute atomic E-state index is 11.9. The fraction of sp³-hybridized carbons (Fsp3) is 0.143. The number of anilines is 1. The Labute approximate surface area is 88.8 Å². The van der Waals surface area contributed by atoms with Gasteiger partial charge in [-0.3, -0.25) is 0 Å². The molecule has 0 saturated carbocycles. The van der Waals surface area contributed by atoms with Crippen LogP contribution >= 0.6 is 0 Å². The predicted octanol–water partition coefficient (Wildman–Crippen LogP) is 0.815. The topological polar surface area (TPSA) is 95.4 Å². The SMILES string of the molecule is Nc1cccc(OC(F)(F)F)c1S(N)(=O)=O. The second-order valence-electron chi connectivity index (χ2n) is 2.77. The summed E-state index contributed by atoms with van der Waals surface area (Å²) < 4.78 is 61.4. The monoisotopic (exact) mass is 256 g/mol. The van der Waals surface area contributed by atoms with Crippen LogP contribution in [0.25, 0.3) is 0 Å². The molecule has 9 heteroatoms. The number of halogens is 3. The van der Waals surface area contributed by atoms with Gasteiger partial charge in [-0.1, -0.05) is 6.07 Å². The smallest absolute Gasteiger partial charge is 0.404 e. The average molecular weight is 256 g/mol. The predicted molar refractivity (Wildman–Crippen MR) is 48.9 cm³/mol. The second-order valence-corrected chi connectivity index (χ2v) is 4.27. The van der Waals surface area contributed by atoms with Gasteiger partial charge in [0.25, 0.3) is 0 Å². The van der Waals surface area contributed by atoms with E-state index in [4.69, 9.17) is 10.9 Å². The molecule has 0 aliphatic carbocycles. The Kier molecular flexibility index (Phi) is 3.01. The molecule has 0 fully saturated rings. The van der Waals surface area contributed by atoms with Gasteiger partial charge in [0.1, 0.15) is 4.90 Å². The molecule has 0 amide bonds. The lowest BCUT2D eigenvalue weighted by Crippen LogP contribution is -2.21. The van der Waals surface area contributed by atoms with Crippen LogP contribution in [0.2, 0.25) is 0 Å². The van der Waals surface area contributed by atoms with Gasteiger partial charge >= 0.3 is 6.36 Å². The number of hydrogen-bond acceptors (Lipinski definition) is 4. The van der Waals surface area contributed by atoms with E-state index >= 15 is 0 Å². The molecule has 1 aromatic rings. The molecule has 0 aliphatic rings. The molecule has 1 rings (SSSR count). The summed E-state index contributed by atoms with van der Waals surface area (Å²) in [5.74, 6) is -0.949. The fourth-order valence-electron chi connectivity index (χ4n) is 1.04. The van der Waals surface area contributed by atoms with Gasteiger partial charge in [0.05, 0.1) is 5.69 Å². The van der Waals surface area contributed by atoms with Crippen LogP contribution in [0.5, 0.6) is 5.75 Å². The number of nitrogens with two attached hydrogens (primary N) is 2. The highest BCUT2D eigenvalue weighted by Gasteiger charge is 2.34. The summed E-state index contributed by atoms with van der Waals surface area (Å²) in [5.41, 5.74) is 4.81. The van der Waals surface area contributed by atoms with Crippen LogP contribution in [-0.4, -0.2) is 14.8 Å². The van der Waals surface area contributed by atoms with E-state index < -0.39 is 32.7 Å². The second kappa shape index (κ2) is 3.83. The molecule has 0 bridgehead atoms. The van der Waals surface area contributed by atoms with Gasteiger partial charge in [-0.2, -0.15) is 0 Å². The van der Waals surface area contributed by atoms with Crippen molar-refractivity contribution in [1.82, 2.24) is 0 Å². The first-order valence-electron chi connectivity index (χ1n) is 3.78. The number of nitrogen functional groups attached to an aromatic ring is 1. The third-order valence-corrected chi connectivity index (χ3v) is 2.53. The van der Waals surface area contributed by atoms with Crippen molar-refractivity contribution in [3.05, 3.63) is 18.2 Å². The quantitative estimate of drug-likeness (QED) is 0.765. The lowest BCUT2D eigenvalue weighted by molar-refractivity contribution is -0.275. The Hall–Kier alpha value is -1.48. The van der Waals surface area contributed by atoms with Crippen LogP contribution in [0.3, 0.4) is 0 Å². The molecule has 0 heterocycles. The zero-order valence-corrected chi connectivity index (χ0v) is 8.47. The zero-order chi connectivity index (χ0) is 12.6. The molecule has 16 heavy (non-hydrogen) atoms. The summed E-state index contributed by atoms with van der Waals surface area (Å²) in [4.78, 5) is -0.882. The summed E-state index contributed by atoms with van der Waals surface area (Å²) in [6, 6.07) is 3.03. The van der Waals surface area contributed by atoms with E-state index in [-0.39, 0.29) is 0 Å². The Morgan fingerprint density at radius 3 is 2.25 bits per heavy atom. The van der Waals surface area contributed by atoms with Gasteiger partial charge in [-0.15, -0.1) is 13.2 Å². The molecular formula is C7H7F3N2O3S. The van der Waals surface area contributed by atoms with E-state index in [0.29, 0.717) is 0 Å². The van der Waals surface area contributed by atoms with E-state index in [0.717, 1.165) is 18.2 Å². The van der Waals surface area contributed by atoms with Crippen LogP contribution < -0.4 is 15.6 Å². The highest BCUT2D eigenvalue weighted by molar-refractivity contribution is 7.89. The Balaban J connectivity index is 3.36. The number of alkyl halides is 3. The van der Waals surface area contributed by atoms with Gasteiger partial charge in [0.15, 0.2) is 5.75 Å². The number of rotatable bonds is 2. The van der Waals surface area contributed by atoms with Crippen molar-refractivity contribution >= 4 is 15.7 Å². The number of hydrogen-bond donors (Lipinski definition) is 2. The van der Waals surface area contributed by atoms with Crippen molar-refractivity contribution in [3.8, 4) is 5.75 Å². The van der Waals surface area contributed by atoms with Crippen molar-refractivity contribution in [2.75, 3.05) is 5.73 Å². The summed E-state index contributed by atoms with van der Waals surface area (Å²) in [7, 11) is -4.39. The molecule has 0 radical (unpaired) electrons. The first-order chi connectivity index (χ1) is 7.11. The Bertz CT molecular complexity index is 498. The summed E-state index contributed by atoms with van der Waals surface area (Å²) >= 11 is 0. The van der Waals surface area contributed by atoms with Crippen molar-refractivity contribution in [2.45, 2.75) is 11.3 Å². The van der Waals surface area contributed by atoms with Gasteiger partial charge in [0.2, 0.25) is 10.0 Å². The molecule has 5 nitrogen and oxygen atoms in total. The van der Waals surface area contributed by atoms with Gasteiger partial charge in [0, 0.05) is 0 Å². The normalized spacial score (nSPS) is 12.5. The molecule has 90 valence electrons. The molecular weight excluding hydrogens is 249 g/mol. The van der Waals surface area contributed by atoms with Crippen molar-refractivity contribution in [3.63, 3.8) is 0 Å². The molecule has 0 spiro atoms. The highest BCUT2D eigenvalue weighted by atomic mass is 32.2. The number of primary sulfonamides is 1. The van der Waals surface area contributed by atoms with Crippen LogP contribution in [0, 0.1) is 0 Å². The minimum Gasteiger partial charge on any atom is -0.404 e. The molecule has 0 aromatic heterocycles. The van der Waals surface area contributed by atoms with Crippen molar-refractivity contribution < 1.29 is 26.3 Å². The molecule has 0 unspecified atom stereocenters. The molecule has 0 aliphatic heterocycles. The zero-order valence-electron chi connectivity index (χ0n) is 7.65. The first kappa shape index (κ1) is 12.6. The largest absolute Gasteiger partial charge is 0.573 e. The van der Waals surface area contributed by atoms with Gasteiger partial charge < -0.3 is 10.5 Å². The first-order valence-corrected chi connectivity index (χ1v) is 5.33. The Morgan fingerprint density at radius 1 is 1.25 bits per heavy atom. The summed E-state index contributed by atoms with van der Waals surface area (Å²) in [5, 5.41) is 4.72. The van der Waals surface area contributed by atoms with Crippen LogP contribution in [0.1, 0.15) is 0 Å². The Morgan fingerprint density at radius 2 is 1.81 bits per heavy atom. The van der Waals surface area contributed by atoms with E-state index in [1.165, 1.54) is 0 Å². The van der Waals surface area contributed by atoms with Crippen LogP contribution in [-0.2, 0) is 10.0 Å². The minimum atomic E-state index is -5.02. The number of ether oxygens (including phenoxy) is 1. The van der Waals surface area contributed by atoms with E-state index in [2.05, 4.69) is 4.74 Å². The maximum Gasteiger partial charge on any atom is 0.573 e. The maximum atomic E-state index is 11.9. The van der Waals surface area contributed by atoms with Crippen LogP contribution in [0.15, 0.2) is 23.1 Å². The third-order valence-electron chi connectivity index (χ3n) is 1.52. The summed E-state index contributed by atoms with van der Waals surface area (Å²) in [6.07, 6.45) is -5.02. The van der Waals surface area contributed by atoms with Gasteiger partial charge in [-0.05, 0) is 12.1 Å². The average Bonchev–Trinajstić information content (AvgIpc) is 1.97. The molecule has 0 saturated heterocycles. The minimum absolute atomic E-state index is 0.413. The van der Waals surface area contributed by atoms with Crippen LogP contribution in [0.4, 0.5) is 18.9 Å². The van der Waals surface area contributed by atoms with E-state index in [9.17, 15) is 21.6 Å². The molecule has 4 N–H and O–H groups in total. The van der Waals surface area contributed by atoms with E-state index in [1.807, 2.05) is 0 Å². The van der Waals surface area contributed by atoms with Gasteiger partial charge in [-0.25, -0.2) is 13.6 Å². The third kappa shape index (κ3) is 3.00. The molecule has 1 aromatic carbocycles. The lowest BCUT2D eigenvalue weighted by Gasteiger charge is -2.13.